The Morgan fingerprint density at radius 2 is 1.22 bits per heavy atom. The quantitative estimate of drug-likeness (QED) is 0.367. The molecule has 2 aromatic rings. The summed E-state index contributed by atoms with van der Waals surface area (Å²) >= 11 is 0. The van der Waals surface area contributed by atoms with E-state index < -0.39 is 20.0 Å². The molecule has 3 N–H and O–H groups in total. The summed E-state index contributed by atoms with van der Waals surface area (Å²) in [5, 5.41) is 8.75. The number of hydrogen-bond acceptors (Lipinski definition) is 7. The number of hydrogen-bond donors (Lipinski definition) is 3. The Kier molecular flexibility index (Phi) is 9.66. The van der Waals surface area contributed by atoms with Gasteiger partial charge in [0.2, 0.25) is 26.0 Å². The van der Waals surface area contributed by atoms with Gasteiger partial charge >= 0.3 is 0 Å². The predicted molar refractivity (Wildman–Crippen MR) is 149 cm³/mol. The van der Waals surface area contributed by atoms with Crippen LogP contribution in [0.5, 0.6) is 0 Å². The van der Waals surface area contributed by atoms with E-state index in [1.807, 2.05) is 13.8 Å². The van der Waals surface area contributed by atoms with Gasteiger partial charge in [-0.3, -0.25) is 4.79 Å². The summed E-state index contributed by atoms with van der Waals surface area (Å²) in [6, 6.07) is 9.47. The van der Waals surface area contributed by atoms with Gasteiger partial charge in [-0.05, 0) is 49.2 Å². The van der Waals surface area contributed by atoms with E-state index in [0.717, 1.165) is 8.61 Å². The van der Waals surface area contributed by atoms with Crippen LogP contribution in [0.15, 0.2) is 58.6 Å². The molecule has 1 amide bonds. The lowest BCUT2D eigenvalue weighted by molar-refractivity contribution is -0.114. The zero-order valence-corrected chi connectivity index (χ0v) is 23.8. The highest BCUT2D eigenvalue weighted by atomic mass is 32.2. The summed E-state index contributed by atoms with van der Waals surface area (Å²) in [5.41, 5.74) is 1.53. The Balaban J connectivity index is 2.63. The molecule has 2 aromatic carbocycles. The highest BCUT2D eigenvalue weighted by Gasteiger charge is 2.23. The van der Waals surface area contributed by atoms with Crippen LogP contribution in [0.1, 0.15) is 31.9 Å². The minimum atomic E-state index is -3.87. The number of rotatable bonds is 11. The molecule has 10 nitrogen and oxygen atoms in total. The first-order valence-corrected chi connectivity index (χ1v) is 14.2. The van der Waals surface area contributed by atoms with Gasteiger partial charge in [-0.1, -0.05) is 30.9 Å². The molecule has 0 saturated heterocycles. The molecule has 12 heteroatoms. The van der Waals surface area contributed by atoms with Crippen molar-refractivity contribution in [2.75, 3.05) is 38.8 Å². The Morgan fingerprint density at radius 3 is 1.57 bits per heavy atom. The van der Waals surface area contributed by atoms with E-state index in [1.165, 1.54) is 53.3 Å². The van der Waals surface area contributed by atoms with Crippen LogP contribution >= 0.6 is 0 Å². The van der Waals surface area contributed by atoms with Gasteiger partial charge in [0.05, 0.1) is 15.6 Å². The van der Waals surface area contributed by atoms with Gasteiger partial charge in [-0.15, -0.1) is 0 Å². The van der Waals surface area contributed by atoms with E-state index in [0.29, 0.717) is 28.3 Å². The molecular formula is C25H35N5O5S2. The molecule has 0 aromatic heterocycles. The minimum absolute atomic E-state index is 0.0305. The van der Waals surface area contributed by atoms with Gasteiger partial charge in [0, 0.05) is 52.5 Å². The number of benzene rings is 2. The maximum Gasteiger partial charge on any atom is 0.243 e. The van der Waals surface area contributed by atoms with Crippen molar-refractivity contribution in [1.29, 1.82) is 0 Å². The van der Waals surface area contributed by atoms with Crippen molar-refractivity contribution in [2.45, 2.75) is 36.6 Å². The Hall–Kier alpha value is -3.19. The van der Waals surface area contributed by atoms with Gasteiger partial charge in [-0.2, -0.15) is 0 Å². The third kappa shape index (κ3) is 7.65. The number of sulfonamides is 2. The van der Waals surface area contributed by atoms with E-state index in [1.54, 1.807) is 30.3 Å². The van der Waals surface area contributed by atoms with E-state index in [2.05, 4.69) is 22.5 Å². The summed E-state index contributed by atoms with van der Waals surface area (Å²) in [6.45, 7) is 9.14. The molecule has 0 bridgehead atoms. The van der Waals surface area contributed by atoms with Gasteiger partial charge < -0.3 is 16.0 Å². The Morgan fingerprint density at radius 1 is 0.811 bits per heavy atom. The van der Waals surface area contributed by atoms with Crippen LogP contribution in [0, 0.1) is 0 Å². The molecule has 202 valence electrons. The average Bonchev–Trinajstić information content (AvgIpc) is 2.77. The van der Waals surface area contributed by atoms with Crippen molar-refractivity contribution in [1.82, 2.24) is 13.9 Å². The number of amides is 1. The van der Waals surface area contributed by atoms with E-state index in [4.69, 9.17) is 0 Å². The summed E-state index contributed by atoms with van der Waals surface area (Å²) in [5.74, 6) is 0.180. The van der Waals surface area contributed by atoms with Crippen molar-refractivity contribution in [3.8, 4) is 0 Å². The van der Waals surface area contributed by atoms with Crippen molar-refractivity contribution in [3.05, 3.63) is 59.9 Å². The SMILES string of the molecule is C=C(Nc1ccc(/C=C/c2ccc(NC(C)=O)cc2S(=O)(=O)N(C)C)c(S(=O)(=O)N(C)C)c1)NC(C)C. The van der Waals surface area contributed by atoms with Crippen LogP contribution in [0.2, 0.25) is 0 Å². The lowest BCUT2D eigenvalue weighted by Gasteiger charge is -2.18. The maximum atomic E-state index is 13.1. The third-order valence-electron chi connectivity index (χ3n) is 5.07. The third-order valence-corrected chi connectivity index (χ3v) is 8.81. The first kappa shape index (κ1) is 30.0. The molecule has 2 rings (SSSR count). The Bertz CT molecular complexity index is 1410. The molecule has 0 radical (unpaired) electrons. The van der Waals surface area contributed by atoms with Crippen molar-refractivity contribution in [2.24, 2.45) is 0 Å². The van der Waals surface area contributed by atoms with Gasteiger partial charge in [0.15, 0.2) is 0 Å². The molecule has 0 saturated carbocycles. The number of carbonyl (C=O) groups excluding carboxylic acids is 1. The van der Waals surface area contributed by atoms with Crippen LogP contribution in [0.4, 0.5) is 11.4 Å². The van der Waals surface area contributed by atoms with Crippen molar-refractivity contribution < 1.29 is 21.6 Å². The lowest BCUT2D eigenvalue weighted by Crippen LogP contribution is -2.26. The summed E-state index contributed by atoms with van der Waals surface area (Å²) in [7, 11) is -2.04. The van der Waals surface area contributed by atoms with Crippen LogP contribution in [0.3, 0.4) is 0 Å². The number of carbonyl (C=O) groups is 1. The largest absolute Gasteiger partial charge is 0.370 e. The van der Waals surface area contributed by atoms with Crippen LogP contribution in [-0.4, -0.2) is 65.6 Å². The molecule has 0 aliphatic carbocycles. The number of nitrogens with one attached hydrogen (secondary N) is 3. The van der Waals surface area contributed by atoms with Gasteiger partial charge in [0.1, 0.15) is 0 Å². The first-order valence-electron chi connectivity index (χ1n) is 11.4. The summed E-state index contributed by atoms with van der Waals surface area (Å²) in [6.07, 6.45) is 3.08. The van der Waals surface area contributed by atoms with Crippen molar-refractivity contribution in [3.63, 3.8) is 0 Å². The molecular weight excluding hydrogens is 514 g/mol. The smallest absolute Gasteiger partial charge is 0.243 e. The van der Waals surface area contributed by atoms with Gasteiger partial charge in [-0.25, -0.2) is 25.4 Å². The molecule has 0 aliphatic rings. The summed E-state index contributed by atoms with van der Waals surface area (Å²) in [4.78, 5) is 11.5. The topological polar surface area (TPSA) is 128 Å². The lowest BCUT2D eigenvalue weighted by atomic mass is 10.1. The minimum Gasteiger partial charge on any atom is -0.370 e. The second-order valence-electron chi connectivity index (χ2n) is 9.00. The average molecular weight is 550 g/mol. The zero-order chi connectivity index (χ0) is 28.1. The molecule has 0 unspecified atom stereocenters. The molecule has 0 spiro atoms. The van der Waals surface area contributed by atoms with E-state index in [9.17, 15) is 21.6 Å². The fraction of sp³-hybridized carbons (Fsp3) is 0.320. The van der Waals surface area contributed by atoms with Gasteiger partial charge in [0.25, 0.3) is 0 Å². The fourth-order valence-electron chi connectivity index (χ4n) is 3.28. The normalized spacial score (nSPS) is 12.4. The van der Waals surface area contributed by atoms with E-state index in [-0.39, 0.29) is 21.7 Å². The standard InChI is InChI=1S/C25H35N5O5S2/c1-17(2)26-18(3)27-22-13-11-20(24(15-22)36(32,33)29(5)6)9-10-21-12-14-23(28-19(4)31)16-25(21)37(34,35)30(7)8/h9-17,26-27H,3H2,1-2,4-8H3,(H,28,31)/b10-9+. The highest BCUT2D eigenvalue weighted by molar-refractivity contribution is 7.89. The first-order chi connectivity index (χ1) is 17.0. The molecule has 0 fully saturated rings. The van der Waals surface area contributed by atoms with Crippen LogP contribution < -0.4 is 16.0 Å². The molecule has 37 heavy (non-hydrogen) atoms. The number of nitrogens with zero attached hydrogens (tertiary/aromatic N) is 2. The highest BCUT2D eigenvalue weighted by Crippen LogP contribution is 2.28. The second kappa shape index (κ2) is 11.9. The maximum absolute atomic E-state index is 13.1. The van der Waals surface area contributed by atoms with Crippen molar-refractivity contribution >= 4 is 49.5 Å². The molecule has 0 aliphatic heterocycles. The second-order valence-corrected chi connectivity index (χ2v) is 13.2. The molecule has 0 heterocycles. The predicted octanol–water partition coefficient (Wildman–Crippen LogP) is 3.20. The number of anilines is 2. The summed E-state index contributed by atoms with van der Waals surface area (Å²) < 4.78 is 54.4. The molecule has 0 atom stereocenters. The van der Waals surface area contributed by atoms with Crippen LogP contribution in [0.25, 0.3) is 12.2 Å². The fourth-order valence-corrected chi connectivity index (χ4v) is 5.49. The van der Waals surface area contributed by atoms with Crippen LogP contribution in [-0.2, 0) is 24.8 Å². The van der Waals surface area contributed by atoms with E-state index >= 15 is 0 Å². The monoisotopic (exact) mass is 549 g/mol. The Labute approximate surface area is 220 Å². The zero-order valence-electron chi connectivity index (χ0n) is 22.2.